The second kappa shape index (κ2) is 5.57. The quantitative estimate of drug-likeness (QED) is 0.814. The molecule has 0 spiro atoms. The zero-order valence-electron chi connectivity index (χ0n) is 10.6. The van der Waals surface area contributed by atoms with Gasteiger partial charge in [0.05, 0.1) is 12.8 Å². The number of primary amides is 1. The first-order valence-corrected chi connectivity index (χ1v) is 5.98. The molecule has 0 aromatic carbocycles. The minimum atomic E-state index is -4.48. The summed E-state index contributed by atoms with van der Waals surface area (Å²) in [6, 6.07) is 0. The molecule has 1 aromatic heterocycles. The average molecular weight is 311 g/mol. The molecule has 20 heavy (non-hydrogen) atoms. The Morgan fingerprint density at radius 2 is 1.95 bits per heavy atom. The lowest BCUT2D eigenvalue weighted by molar-refractivity contribution is -0.119. The van der Waals surface area contributed by atoms with Crippen molar-refractivity contribution in [3.63, 3.8) is 0 Å². The summed E-state index contributed by atoms with van der Waals surface area (Å²) in [6.07, 6.45) is -4.48. The Morgan fingerprint density at radius 1 is 1.40 bits per heavy atom. The average Bonchev–Trinajstić information content (AvgIpc) is 2.64. The number of nitrogens with two attached hydrogens (primary N) is 2. The molecule has 1 aromatic rings. The van der Waals surface area contributed by atoms with E-state index in [2.05, 4.69) is 4.74 Å². The maximum atomic E-state index is 12.4. The number of nitrogens with zero attached hydrogens (tertiary/aromatic N) is 1. The molecule has 1 heterocycles. The molecule has 0 aliphatic carbocycles. The van der Waals surface area contributed by atoms with Crippen LogP contribution < -0.4 is 16.4 Å². The van der Waals surface area contributed by atoms with Crippen LogP contribution in [0, 0.1) is 0 Å². The predicted octanol–water partition coefficient (Wildman–Crippen LogP) is 1.21. The Labute approximate surface area is 116 Å². The Bertz CT molecular complexity index is 542. The van der Waals surface area contributed by atoms with E-state index in [9.17, 15) is 22.8 Å². The molecule has 10 heteroatoms. The lowest BCUT2D eigenvalue weighted by atomic mass is 10.2. The molecule has 0 atom stereocenters. The fourth-order valence-corrected chi connectivity index (χ4v) is 2.54. The number of alkyl halides is 3. The van der Waals surface area contributed by atoms with Crippen LogP contribution in [0.15, 0.2) is 0 Å². The first kappa shape index (κ1) is 16.1. The van der Waals surface area contributed by atoms with Crippen molar-refractivity contribution in [2.75, 3.05) is 31.3 Å². The standard InChI is InChI=1S/C10H12F3N3O3S/c1-16(3-10(11,12)13)8-4(9(18)19-2)5(14)6(20-8)7(15)17/h3,14H2,1-2H3,(H2,15,17). The number of halogens is 3. The highest BCUT2D eigenvalue weighted by Gasteiger charge is 2.33. The number of nitrogen functional groups attached to an aromatic ring is 1. The Balaban J connectivity index is 3.34. The second-order valence-corrected chi connectivity index (χ2v) is 4.85. The zero-order valence-corrected chi connectivity index (χ0v) is 11.4. The molecule has 0 bridgehead atoms. The van der Waals surface area contributed by atoms with Gasteiger partial charge in [-0.2, -0.15) is 13.2 Å². The molecule has 0 unspecified atom stereocenters. The first-order valence-electron chi connectivity index (χ1n) is 5.16. The number of hydrogen-bond donors (Lipinski definition) is 2. The number of thiophene rings is 1. The van der Waals surface area contributed by atoms with Gasteiger partial charge in [-0.15, -0.1) is 11.3 Å². The molecule has 1 amide bonds. The number of esters is 1. The van der Waals surface area contributed by atoms with Gasteiger partial charge in [-0.1, -0.05) is 0 Å². The fraction of sp³-hybridized carbons (Fsp3) is 0.400. The van der Waals surface area contributed by atoms with E-state index < -0.39 is 24.6 Å². The molecule has 1 rings (SSSR count). The van der Waals surface area contributed by atoms with Crippen LogP contribution in [0.1, 0.15) is 20.0 Å². The summed E-state index contributed by atoms with van der Waals surface area (Å²) in [5.74, 6) is -1.86. The summed E-state index contributed by atoms with van der Waals surface area (Å²) < 4.78 is 41.6. The van der Waals surface area contributed by atoms with Crippen LogP contribution in [0.5, 0.6) is 0 Å². The largest absolute Gasteiger partial charge is 0.465 e. The van der Waals surface area contributed by atoms with Crippen molar-refractivity contribution in [1.29, 1.82) is 0 Å². The number of carbonyl (C=O) groups is 2. The van der Waals surface area contributed by atoms with Crippen LogP contribution in [0.2, 0.25) is 0 Å². The monoisotopic (exact) mass is 311 g/mol. The molecular formula is C10H12F3N3O3S. The minimum absolute atomic E-state index is 0.125. The molecular weight excluding hydrogens is 299 g/mol. The zero-order chi connectivity index (χ0) is 15.7. The van der Waals surface area contributed by atoms with E-state index in [4.69, 9.17) is 11.5 Å². The molecule has 0 fully saturated rings. The predicted molar refractivity (Wildman–Crippen MR) is 67.9 cm³/mol. The number of anilines is 2. The van der Waals surface area contributed by atoms with Gasteiger partial charge in [-0.05, 0) is 0 Å². The van der Waals surface area contributed by atoms with Crippen molar-refractivity contribution in [1.82, 2.24) is 0 Å². The molecule has 0 aliphatic heterocycles. The summed E-state index contributed by atoms with van der Waals surface area (Å²) in [4.78, 5) is 23.3. The number of hydrogen-bond acceptors (Lipinski definition) is 6. The second-order valence-electron chi connectivity index (χ2n) is 3.85. The van der Waals surface area contributed by atoms with E-state index in [1.54, 1.807) is 0 Å². The smallest absolute Gasteiger partial charge is 0.405 e. The van der Waals surface area contributed by atoms with Crippen molar-refractivity contribution in [3.8, 4) is 0 Å². The molecule has 0 aliphatic rings. The third-order valence-corrected chi connectivity index (χ3v) is 3.64. The summed E-state index contributed by atoms with van der Waals surface area (Å²) in [6.45, 7) is -1.31. The molecule has 4 N–H and O–H groups in total. The van der Waals surface area contributed by atoms with E-state index in [0.29, 0.717) is 11.3 Å². The summed E-state index contributed by atoms with van der Waals surface area (Å²) >= 11 is 0.612. The van der Waals surface area contributed by atoms with Crippen LogP contribution in [-0.2, 0) is 4.74 Å². The summed E-state index contributed by atoms with van der Waals surface area (Å²) in [7, 11) is 2.17. The summed E-state index contributed by atoms with van der Waals surface area (Å²) in [5.41, 5.74) is 10.1. The fourth-order valence-electron chi connectivity index (χ4n) is 1.52. The number of methoxy groups -OCH3 is 1. The first-order chi connectivity index (χ1) is 9.08. The van der Waals surface area contributed by atoms with Crippen molar-refractivity contribution < 1.29 is 27.5 Å². The van der Waals surface area contributed by atoms with Gasteiger partial charge in [0, 0.05) is 7.05 Å². The third-order valence-electron chi connectivity index (χ3n) is 2.30. The van der Waals surface area contributed by atoms with Gasteiger partial charge >= 0.3 is 12.1 Å². The highest BCUT2D eigenvalue weighted by Crippen LogP contribution is 2.39. The molecule has 0 saturated carbocycles. The highest BCUT2D eigenvalue weighted by atomic mass is 32.1. The van der Waals surface area contributed by atoms with Crippen LogP contribution in [0.4, 0.5) is 23.9 Å². The summed E-state index contributed by atoms with van der Waals surface area (Å²) in [5, 5.41) is -0.125. The number of carbonyl (C=O) groups excluding carboxylic acids is 2. The van der Waals surface area contributed by atoms with E-state index in [0.717, 1.165) is 19.1 Å². The van der Waals surface area contributed by atoms with Crippen molar-refractivity contribution >= 4 is 33.9 Å². The maximum absolute atomic E-state index is 12.4. The van der Waals surface area contributed by atoms with Gasteiger partial charge in [0.1, 0.15) is 22.0 Å². The van der Waals surface area contributed by atoms with Gasteiger partial charge < -0.3 is 21.1 Å². The number of rotatable bonds is 4. The SMILES string of the molecule is COC(=O)c1c(N(C)CC(F)(F)F)sc(C(N)=O)c1N. The Hall–Kier alpha value is -1.97. The van der Waals surface area contributed by atoms with Gasteiger partial charge in [0.25, 0.3) is 5.91 Å². The lowest BCUT2D eigenvalue weighted by Gasteiger charge is -2.20. The van der Waals surface area contributed by atoms with Crippen LogP contribution >= 0.6 is 11.3 Å². The highest BCUT2D eigenvalue weighted by molar-refractivity contribution is 7.19. The topological polar surface area (TPSA) is 98.6 Å². The molecule has 0 saturated heterocycles. The van der Waals surface area contributed by atoms with Crippen molar-refractivity contribution in [3.05, 3.63) is 10.4 Å². The van der Waals surface area contributed by atoms with Crippen molar-refractivity contribution in [2.24, 2.45) is 5.73 Å². The van der Waals surface area contributed by atoms with Crippen LogP contribution in [-0.4, -0.2) is 38.8 Å². The van der Waals surface area contributed by atoms with E-state index in [-0.39, 0.29) is 21.1 Å². The van der Waals surface area contributed by atoms with Crippen molar-refractivity contribution in [2.45, 2.75) is 6.18 Å². The third kappa shape index (κ3) is 3.32. The Morgan fingerprint density at radius 3 is 2.35 bits per heavy atom. The van der Waals surface area contributed by atoms with Crippen LogP contribution in [0.3, 0.4) is 0 Å². The molecule has 112 valence electrons. The maximum Gasteiger partial charge on any atom is 0.405 e. The van der Waals surface area contributed by atoms with E-state index in [1.807, 2.05) is 0 Å². The van der Waals surface area contributed by atoms with E-state index >= 15 is 0 Å². The normalized spacial score (nSPS) is 11.2. The van der Waals surface area contributed by atoms with E-state index in [1.165, 1.54) is 0 Å². The van der Waals surface area contributed by atoms with Gasteiger partial charge in [-0.25, -0.2) is 4.79 Å². The minimum Gasteiger partial charge on any atom is -0.465 e. The number of ether oxygens (including phenoxy) is 1. The van der Waals surface area contributed by atoms with Gasteiger partial charge in [0.2, 0.25) is 0 Å². The molecule has 6 nitrogen and oxygen atoms in total. The van der Waals surface area contributed by atoms with Crippen LogP contribution in [0.25, 0.3) is 0 Å². The van der Waals surface area contributed by atoms with Gasteiger partial charge in [0.15, 0.2) is 0 Å². The van der Waals surface area contributed by atoms with Gasteiger partial charge in [-0.3, -0.25) is 4.79 Å². The lowest BCUT2D eigenvalue weighted by Crippen LogP contribution is -2.31. The Kier molecular flexibility index (Phi) is 4.48. The molecule has 0 radical (unpaired) electrons. The number of amides is 1.